The van der Waals surface area contributed by atoms with Crippen LogP contribution >= 0.6 is 0 Å². The van der Waals surface area contributed by atoms with E-state index in [0.717, 1.165) is 31.1 Å². The second-order valence-electron chi connectivity index (χ2n) is 5.87. The number of carbonyl (C=O) groups excluding carboxylic acids is 1. The van der Waals surface area contributed by atoms with Gasteiger partial charge in [-0.15, -0.1) is 0 Å². The smallest absolute Gasteiger partial charge is 0.192 e. The van der Waals surface area contributed by atoms with Gasteiger partial charge in [-0.05, 0) is 30.9 Å². The van der Waals surface area contributed by atoms with Crippen LogP contribution in [0.5, 0.6) is 0 Å². The van der Waals surface area contributed by atoms with E-state index in [0.29, 0.717) is 6.61 Å². The summed E-state index contributed by atoms with van der Waals surface area (Å²) in [7, 11) is 0. The molecule has 1 unspecified atom stereocenters. The highest BCUT2D eigenvalue weighted by Gasteiger charge is 2.27. The van der Waals surface area contributed by atoms with E-state index < -0.39 is 0 Å². The van der Waals surface area contributed by atoms with Gasteiger partial charge in [0.05, 0.1) is 6.61 Å². The molecule has 3 heteroatoms. The second-order valence-corrected chi connectivity index (χ2v) is 5.87. The molecule has 1 heterocycles. The molecule has 0 amide bonds. The van der Waals surface area contributed by atoms with Crippen LogP contribution < -0.4 is 0 Å². The number of Topliss-reactive ketones (excluding diaryl/α,β-unsaturated/α-hetero) is 1. The highest BCUT2D eigenvalue weighted by atomic mass is 16.5. The molecule has 108 valence electrons. The molecule has 0 N–H and O–H groups in total. The predicted octanol–water partition coefficient (Wildman–Crippen LogP) is 2.86. The molecule has 1 atom stereocenters. The Morgan fingerprint density at radius 3 is 2.65 bits per heavy atom. The van der Waals surface area contributed by atoms with E-state index in [-0.39, 0.29) is 11.9 Å². The van der Waals surface area contributed by atoms with Crippen LogP contribution in [0.1, 0.15) is 48.0 Å². The third kappa shape index (κ3) is 2.79. The van der Waals surface area contributed by atoms with Crippen molar-refractivity contribution in [1.82, 2.24) is 4.90 Å². The topological polar surface area (TPSA) is 29.5 Å². The number of nitrogens with zero attached hydrogens (tertiary/aromatic N) is 1. The van der Waals surface area contributed by atoms with Gasteiger partial charge in [0.25, 0.3) is 0 Å². The minimum Gasteiger partial charge on any atom is -0.367 e. The van der Waals surface area contributed by atoms with Crippen LogP contribution in [0.4, 0.5) is 0 Å². The molecule has 1 aromatic carbocycles. The maximum absolute atomic E-state index is 12.5. The SMILES string of the molecule is CCN1CCOC(C(=O)c2ccc(C3CCC3)cc2)C1. The monoisotopic (exact) mass is 273 g/mol. The van der Waals surface area contributed by atoms with Gasteiger partial charge in [0.2, 0.25) is 0 Å². The number of rotatable bonds is 4. The highest BCUT2D eigenvalue weighted by molar-refractivity contribution is 5.99. The van der Waals surface area contributed by atoms with E-state index in [4.69, 9.17) is 4.74 Å². The zero-order valence-corrected chi connectivity index (χ0v) is 12.2. The number of ketones is 1. The molecule has 2 fully saturated rings. The van der Waals surface area contributed by atoms with Crippen molar-refractivity contribution in [2.45, 2.75) is 38.2 Å². The van der Waals surface area contributed by atoms with Crippen molar-refractivity contribution >= 4 is 5.78 Å². The van der Waals surface area contributed by atoms with E-state index in [1.807, 2.05) is 12.1 Å². The van der Waals surface area contributed by atoms with Gasteiger partial charge in [-0.25, -0.2) is 0 Å². The van der Waals surface area contributed by atoms with Crippen LogP contribution in [0.2, 0.25) is 0 Å². The number of morpholine rings is 1. The summed E-state index contributed by atoms with van der Waals surface area (Å²) in [6.45, 7) is 5.42. The van der Waals surface area contributed by atoms with Gasteiger partial charge in [-0.1, -0.05) is 37.6 Å². The van der Waals surface area contributed by atoms with Crippen LogP contribution in [0.15, 0.2) is 24.3 Å². The summed E-state index contributed by atoms with van der Waals surface area (Å²) in [6.07, 6.45) is 3.64. The fourth-order valence-corrected chi connectivity index (χ4v) is 3.00. The molecular weight excluding hydrogens is 250 g/mol. The molecule has 1 saturated carbocycles. The minimum atomic E-state index is -0.293. The lowest BCUT2D eigenvalue weighted by molar-refractivity contribution is -0.0148. The van der Waals surface area contributed by atoms with Crippen LogP contribution in [0, 0.1) is 0 Å². The number of ether oxygens (including phenoxy) is 1. The highest BCUT2D eigenvalue weighted by Crippen LogP contribution is 2.36. The normalized spacial score (nSPS) is 24.4. The zero-order valence-electron chi connectivity index (χ0n) is 12.2. The van der Waals surface area contributed by atoms with Crippen molar-refractivity contribution in [3.05, 3.63) is 35.4 Å². The Morgan fingerprint density at radius 1 is 1.30 bits per heavy atom. The molecule has 0 bridgehead atoms. The molecule has 0 spiro atoms. The lowest BCUT2D eigenvalue weighted by Gasteiger charge is -2.31. The van der Waals surface area contributed by atoms with Gasteiger partial charge in [0.1, 0.15) is 6.10 Å². The van der Waals surface area contributed by atoms with Crippen molar-refractivity contribution < 1.29 is 9.53 Å². The van der Waals surface area contributed by atoms with E-state index in [9.17, 15) is 4.79 Å². The van der Waals surface area contributed by atoms with Gasteiger partial charge >= 0.3 is 0 Å². The largest absolute Gasteiger partial charge is 0.367 e. The summed E-state index contributed by atoms with van der Waals surface area (Å²) in [6, 6.07) is 8.20. The molecule has 2 aliphatic rings. The van der Waals surface area contributed by atoms with Gasteiger partial charge in [0.15, 0.2) is 5.78 Å². The Bertz CT molecular complexity index is 464. The average Bonchev–Trinajstić information content (AvgIpc) is 2.45. The van der Waals surface area contributed by atoms with E-state index in [2.05, 4.69) is 24.0 Å². The Hall–Kier alpha value is -1.19. The first-order chi connectivity index (χ1) is 9.78. The molecule has 3 rings (SSSR count). The lowest BCUT2D eigenvalue weighted by atomic mass is 9.80. The Labute approximate surface area is 120 Å². The zero-order chi connectivity index (χ0) is 13.9. The summed E-state index contributed by atoms with van der Waals surface area (Å²) in [5, 5.41) is 0. The number of hydrogen-bond acceptors (Lipinski definition) is 3. The van der Waals surface area contributed by atoms with Crippen molar-refractivity contribution in [2.24, 2.45) is 0 Å². The molecular formula is C17H23NO2. The third-order valence-electron chi connectivity index (χ3n) is 4.66. The fourth-order valence-electron chi connectivity index (χ4n) is 3.00. The Balaban J connectivity index is 1.66. The maximum atomic E-state index is 12.5. The quantitative estimate of drug-likeness (QED) is 0.790. The minimum absolute atomic E-state index is 0.128. The van der Waals surface area contributed by atoms with Crippen LogP contribution in [-0.2, 0) is 4.74 Å². The van der Waals surface area contributed by atoms with E-state index in [1.165, 1.54) is 24.8 Å². The van der Waals surface area contributed by atoms with Crippen LogP contribution in [-0.4, -0.2) is 43.0 Å². The van der Waals surface area contributed by atoms with Crippen molar-refractivity contribution in [3.8, 4) is 0 Å². The number of likely N-dealkylation sites (N-methyl/N-ethyl adjacent to an activating group) is 1. The van der Waals surface area contributed by atoms with Crippen LogP contribution in [0.25, 0.3) is 0 Å². The van der Waals surface area contributed by atoms with Crippen molar-refractivity contribution in [1.29, 1.82) is 0 Å². The molecule has 1 aliphatic heterocycles. The number of hydrogen-bond donors (Lipinski definition) is 0. The summed E-state index contributed by atoms with van der Waals surface area (Å²) in [5.41, 5.74) is 2.17. The molecule has 1 aliphatic carbocycles. The summed E-state index contributed by atoms with van der Waals surface area (Å²) < 4.78 is 5.65. The van der Waals surface area contributed by atoms with Crippen molar-refractivity contribution in [3.63, 3.8) is 0 Å². The first kappa shape index (κ1) is 13.8. The van der Waals surface area contributed by atoms with Gasteiger partial charge < -0.3 is 4.74 Å². The first-order valence-corrected chi connectivity index (χ1v) is 7.76. The fraction of sp³-hybridized carbons (Fsp3) is 0.588. The third-order valence-corrected chi connectivity index (χ3v) is 4.66. The number of benzene rings is 1. The summed E-state index contributed by atoms with van der Waals surface area (Å²) in [4.78, 5) is 14.7. The van der Waals surface area contributed by atoms with E-state index >= 15 is 0 Å². The number of carbonyl (C=O) groups is 1. The molecule has 3 nitrogen and oxygen atoms in total. The van der Waals surface area contributed by atoms with Gasteiger partial charge in [-0.3, -0.25) is 9.69 Å². The maximum Gasteiger partial charge on any atom is 0.192 e. The Kier molecular flexibility index (Phi) is 4.18. The second kappa shape index (κ2) is 6.06. The van der Waals surface area contributed by atoms with E-state index in [1.54, 1.807) is 0 Å². The molecule has 1 saturated heterocycles. The molecule has 20 heavy (non-hydrogen) atoms. The standard InChI is InChI=1S/C17H23NO2/c1-2-18-10-11-20-16(12-18)17(19)15-8-6-14(7-9-15)13-4-3-5-13/h6-9,13,16H,2-5,10-12H2,1H3. The van der Waals surface area contributed by atoms with Crippen LogP contribution in [0.3, 0.4) is 0 Å². The predicted molar refractivity (Wildman–Crippen MR) is 79.2 cm³/mol. The lowest BCUT2D eigenvalue weighted by Crippen LogP contribution is -2.45. The molecule has 1 aromatic rings. The first-order valence-electron chi connectivity index (χ1n) is 7.76. The summed E-state index contributed by atoms with van der Waals surface area (Å²) in [5.74, 6) is 0.851. The average molecular weight is 273 g/mol. The van der Waals surface area contributed by atoms with Gasteiger partial charge in [-0.2, -0.15) is 0 Å². The van der Waals surface area contributed by atoms with Gasteiger partial charge in [0, 0.05) is 18.7 Å². The van der Waals surface area contributed by atoms with Crippen molar-refractivity contribution in [2.75, 3.05) is 26.2 Å². The molecule has 0 aromatic heterocycles. The molecule has 0 radical (unpaired) electrons. The summed E-state index contributed by atoms with van der Waals surface area (Å²) >= 11 is 0. The Morgan fingerprint density at radius 2 is 2.05 bits per heavy atom.